The summed E-state index contributed by atoms with van der Waals surface area (Å²) >= 11 is 6.48. The Bertz CT molecular complexity index is 1080. The van der Waals surface area contributed by atoms with Crippen LogP contribution in [0.3, 0.4) is 0 Å². The Kier molecular flexibility index (Phi) is 9.60. The number of hydrogen-bond acceptors (Lipinski definition) is 7. The number of pyridine rings is 1. The molecule has 0 amide bonds. The molecule has 1 saturated heterocycles. The molecule has 1 saturated carbocycles. The van der Waals surface area contributed by atoms with E-state index in [1.807, 2.05) is 6.07 Å². The Balaban J connectivity index is 1.41. The Morgan fingerprint density at radius 1 is 1.19 bits per heavy atom. The third-order valence-electron chi connectivity index (χ3n) is 7.45. The average molecular weight is 530 g/mol. The fourth-order valence-corrected chi connectivity index (χ4v) is 5.45. The van der Waals surface area contributed by atoms with Crippen LogP contribution >= 0.6 is 11.6 Å². The molecule has 7 nitrogen and oxygen atoms in total. The Labute approximate surface area is 224 Å². The standard InChI is InChI=1S/C28H37ClFN5O2/c1-19(16-36-2)34-20-3-5-21(6-4-20)35-27-14-23(25(29)15-32-27)24-13-22(7-8-26(24)30)33-18-28(17-31)9-11-37-12-10-28/h7-8,13-15,19-21,33-34H,3-6,9-12,16,18H2,1-2H3,(H,32,35)/t19-,20?,21?/m0/s1. The monoisotopic (exact) mass is 529 g/mol. The van der Waals surface area contributed by atoms with Crippen molar-refractivity contribution >= 4 is 23.1 Å². The fourth-order valence-electron chi connectivity index (χ4n) is 5.24. The van der Waals surface area contributed by atoms with Crippen LogP contribution < -0.4 is 16.0 Å². The van der Waals surface area contributed by atoms with Crippen LogP contribution in [0.2, 0.25) is 5.02 Å². The van der Waals surface area contributed by atoms with Crippen LogP contribution in [0.15, 0.2) is 30.5 Å². The second-order valence-corrected chi connectivity index (χ2v) is 10.7. The second-order valence-electron chi connectivity index (χ2n) is 10.3. The van der Waals surface area contributed by atoms with Gasteiger partial charge in [-0.1, -0.05) is 11.6 Å². The largest absolute Gasteiger partial charge is 0.383 e. The number of rotatable bonds is 10. The van der Waals surface area contributed by atoms with Gasteiger partial charge < -0.3 is 25.4 Å². The number of benzene rings is 1. The number of nitriles is 1. The first-order chi connectivity index (χ1) is 17.9. The van der Waals surface area contributed by atoms with Gasteiger partial charge in [0.1, 0.15) is 11.6 Å². The summed E-state index contributed by atoms with van der Waals surface area (Å²) in [5, 5.41) is 20.6. The number of halogens is 2. The van der Waals surface area contributed by atoms with Gasteiger partial charge in [-0.25, -0.2) is 9.37 Å². The van der Waals surface area contributed by atoms with E-state index in [-0.39, 0.29) is 5.82 Å². The lowest BCUT2D eigenvalue weighted by Gasteiger charge is -2.32. The van der Waals surface area contributed by atoms with Gasteiger partial charge in [0.05, 0.1) is 23.1 Å². The molecular weight excluding hydrogens is 493 g/mol. The minimum atomic E-state index is -0.478. The summed E-state index contributed by atoms with van der Waals surface area (Å²) in [5.74, 6) is 0.328. The molecule has 1 atom stereocenters. The Morgan fingerprint density at radius 2 is 1.92 bits per heavy atom. The molecule has 2 fully saturated rings. The van der Waals surface area contributed by atoms with Gasteiger partial charge in [-0.15, -0.1) is 0 Å². The predicted octanol–water partition coefficient (Wildman–Crippen LogP) is 5.62. The molecule has 0 radical (unpaired) electrons. The van der Waals surface area contributed by atoms with Crippen LogP contribution in [0, 0.1) is 22.6 Å². The quantitative estimate of drug-likeness (QED) is 0.368. The number of methoxy groups -OCH3 is 1. The average Bonchev–Trinajstić information content (AvgIpc) is 2.91. The van der Waals surface area contributed by atoms with Gasteiger partial charge in [0, 0.05) is 68.0 Å². The first-order valence-corrected chi connectivity index (χ1v) is 13.5. The molecule has 4 rings (SSSR count). The molecule has 3 N–H and O–H groups in total. The number of nitrogens with one attached hydrogen (secondary N) is 3. The van der Waals surface area contributed by atoms with Crippen LogP contribution in [0.25, 0.3) is 11.1 Å². The van der Waals surface area contributed by atoms with E-state index in [0.29, 0.717) is 79.3 Å². The summed E-state index contributed by atoms with van der Waals surface area (Å²) in [4.78, 5) is 4.46. The Morgan fingerprint density at radius 3 is 2.62 bits per heavy atom. The van der Waals surface area contributed by atoms with Crippen molar-refractivity contribution in [1.82, 2.24) is 10.3 Å². The van der Waals surface area contributed by atoms with Gasteiger partial charge >= 0.3 is 0 Å². The van der Waals surface area contributed by atoms with Crippen molar-refractivity contribution in [2.75, 3.05) is 44.1 Å². The van der Waals surface area contributed by atoms with E-state index < -0.39 is 5.41 Å². The highest BCUT2D eigenvalue weighted by Crippen LogP contribution is 2.35. The van der Waals surface area contributed by atoms with E-state index in [9.17, 15) is 9.65 Å². The topological polar surface area (TPSA) is 91.2 Å². The van der Waals surface area contributed by atoms with E-state index >= 15 is 0 Å². The van der Waals surface area contributed by atoms with Crippen molar-refractivity contribution < 1.29 is 13.9 Å². The molecule has 1 aliphatic heterocycles. The minimum absolute atomic E-state index is 0.303. The summed E-state index contributed by atoms with van der Waals surface area (Å²) in [6, 6.07) is 10.3. The summed E-state index contributed by atoms with van der Waals surface area (Å²) in [5.41, 5.74) is 1.26. The van der Waals surface area contributed by atoms with Crippen molar-refractivity contribution in [3.05, 3.63) is 41.3 Å². The molecule has 1 aliphatic carbocycles. The van der Waals surface area contributed by atoms with E-state index in [1.165, 1.54) is 6.07 Å². The zero-order valence-electron chi connectivity index (χ0n) is 21.7. The zero-order chi connectivity index (χ0) is 26.3. The minimum Gasteiger partial charge on any atom is -0.383 e. The van der Waals surface area contributed by atoms with Gasteiger partial charge in [0.2, 0.25) is 0 Å². The molecule has 0 unspecified atom stereocenters. The summed E-state index contributed by atoms with van der Waals surface area (Å²) < 4.78 is 25.6. The van der Waals surface area contributed by atoms with Gasteiger partial charge in [-0.3, -0.25) is 0 Å². The van der Waals surface area contributed by atoms with Gasteiger partial charge in [-0.2, -0.15) is 5.26 Å². The third-order valence-corrected chi connectivity index (χ3v) is 7.75. The van der Waals surface area contributed by atoms with Crippen molar-refractivity contribution in [3.63, 3.8) is 0 Å². The Hall–Kier alpha value is -2.44. The fraction of sp³-hybridized carbons (Fsp3) is 0.571. The van der Waals surface area contributed by atoms with E-state index in [4.69, 9.17) is 21.1 Å². The molecule has 1 aromatic heterocycles. The van der Waals surface area contributed by atoms with Gasteiger partial charge in [0.25, 0.3) is 0 Å². The SMILES string of the molecule is COC[C@H](C)NC1CCC(Nc2cc(-c3cc(NCC4(C#N)CCOCC4)ccc3F)c(Cl)cn2)CC1. The summed E-state index contributed by atoms with van der Waals surface area (Å²) in [6.45, 7) is 4.49. The molecule has 9 heteroatoms. The molecule has 1 aromatic carbocycles. The molecule has 2 aromatic rings. The highest BCUT2D eigenvalue weighted by Gasteiger charge is 2.32. The van der Waals surface area contributed by atoms with Crippen LogP contribution in [0.4, 0.5) is 15.9 Å². The second kappa shape index (κ2) is 12.9. The number of nitrogens with zero attached hydrogens (tertiary/aromatic N) is 2. The highest BCUT2D eigenvalue weighted by molar-refractivity contribution is 6.33. The van der Waals surface area contributed by atoms with E-state index in [1.54, 1.807) is 25.4 Å². The normalized spacial score (nSPS) is 22.1. The zero-order valence-corrected chi connectivity index (χ0v) is 22.4. The number of hydrogen-bond donors (Lipinski definition) is 3. The molecular formula is C28H37ClFN5O2. The first-order valence-electron chi connectivity index (χ1n) is 13.1. The molecule has 2 aliphatic rings. The number of anilines is 2. The van der Waals surface area contributed by atoms with Crippen LogP contribution in [0.1, 0.15) is 45.4 Å². The molecule has 0 bridgehead atoms. The first kappa shape index (κ1) is 27.6. The van der Waals surface area contributed by atoms with E-state index in [0.717, 1.165) is 31.4 Å². The van der Waals surface area contributed by atoms with Crippen LogP contribution in [0.5, 0.6) is 0 Å². The van der Waals surface area contributed by atoms with Gasteiger partial charge in [-0.05, 0) is 69.7 Å². The lowest BCUT2D eigenvalue weighted by molar-refractivity contribution is 0.0456. The highest BCUT2D eigenvalue weighted by atomic mass is 35.5. The maximum atomic E-state index is 15.0. The molecule has 0 spiro atoms. The number of aromatic nitrogens is 1. The predicted molar refractivity (Wildman–Crippen MR) is 145 cm³/mol. The molecule has 2 heterocycles. The van der Waals surface area contributed by atoms with Gasteiger partial charge in [0.15, 0.2) is 0 Å². The molecule has 37 heavy (non-hydrogen) atoms. The summed E-state index contributed by atoms with van der Waals surface area (Å²) in [6.07, 6.45) is 7.13. The maximum absolute atomic E-state index is 15.0. The van der Waals surface area contributed by atoms with Crippen molar-refractivity contribution in [1.29, 1.82) is 5.26 Å². The van der Waals surface area contributed by atoms with Crippen LogP contribution in [-0.2, 0) is 9.47 Å². The lowest BCUT2D eigenvalue weighted by atomic mass is 9.81. The van der Waals surface area contributed by atoms with Crippen molar-refractivity contribution in [3.8, 4) is 17.2 Å². The number of ether oxygens (including phenoxy) is 2. The maximum Gasteiger partial charge on any atom is 0.131 e. The summed E-state index contributed by atoms with van der Waals surface area (Å²) in [7, 11) is 1.72. The van der Waals surface area contributed by atoms with Crippen molar-refractivity contribution in [2.45, 2.75) is 63.6 Å². The third kappa shape index (κ3) is 7.32. The lowest BCUT2D eigenvalue weighted by Crippen LogP contribution is -2.42. The molecule has 200 valence electrons. The van der Waals surface area contributed by atoms with E-state index in [2.05, 4.69) is 33.9 Å². The van der Waals surface area contributed by atoms with Crippen LogP contribution in [-0.4, -0.2) is 56.6 Å². The van der Waals surface area contributed by atoms with Crippen molar-refractivity contribution in [2.24, 2.45) is 5.41 Å². The smallest absolute Gasteiger partial charge is 0.131 e.